The SMILES string of the molecule is CC(C)(C)C(=O)N1CCCC(C(=O)NC2CC(=O)N(C3CC3c3ccccc3)C2)C1. The Hall–Kier alpha value is -2.37. The van der Waals surface area contributed by atoms with Gasteiger partial charge in [-0.25, -0.2) is 0 Å². The lowest BCUT2D eigenvalue weighted by Gasteiger charge is -2.36. The predicted octanol–water partition coefficient (Wildman–Crippen LogP) is 2.54. The lowest BCUT2D eigenvalue weighted by Crippen LogP contribution is -2.50. The number of amides is 3. The molecule has 3 amide bonds. The molecule has 0 aromatic heterocycles. The highest BCUT2D eigenvalue weighted by molar-refractivity contribution is 5.85. The molecule has 6 heteroatoms. The zero-order valence-electron chi connectivity index (χ0n) is 18.3. The fourth-order valence-electron chi connectivity index (χ4n) is 4.90. The van der Waals surface area contributed by atoms with E-state index in [0.717, 1.165) is 25.8 Å². The third kappa shape index (κ3) is 4.37. The third-order valence-corrected chi connectivity index (χ3v) is 6.61. The molecule has 6 nitrogen and oxygen atoms in total. The summed E-state index contributed by atoms with van der Waals surface area (Å²) in [6, 6.07) is 10.5. The Labute approximate surface area is 179 Å². The standard InChI is InChI=1S/C24H33N3O3/c1-24(2,3)23(30)26-11-7-10-17(14-26)22(29)25-18-12-21(28)27(15-18)20-13-19(20)16-8-5-4-6-9-16/h4-6,8-9,17-20H,7,10-15H2,1-3H3,(H,25,29). The maximum absolute atomic E-state index is 12.9. The minimum Gasteiger partial charge on any atom is -0.351 e. The van der Waals surface area contributed by atoms with E-state index in [-0.39, 0.29) is 35.7 Å². The molecule has 4 atom stereocenters. The zero-order valence-corrected chi connectivity index (χ0v) is 18.3. The molecule has 2 aliphatic heterocycles. The molecule has 2 heterocycles. The number of rotatable bonds is 4. The summed E-state index contributed by atoms with van der Waals surface area (Å²) in [5.74, 6) is 0.448. The molecule has 1 N–H and O–H groups in total. The predicted molar refractivity (Wildman–Crippen MR) is 115 cm³/mol. The monoisotopic (exact) mass is 411 g/mol. The van der Waals surface area contributed by atoms with Crippen molar-refractivity contribution in [2.75, 3.05) is 19.6 Å². The summed E-state index contributed by atoms with van der Waals surface area (Å²) in [5.41, 5.74) is 0.852. The molecule has 30 heavy (non-hydrogen) atoms. The summed E-state index contributed by atoms with van der Waals surface area (Å²) in [4.78, 5) is 41.8. The highest BCUT2D eigenvalue weighted by atomic mass is 16.2. The third-order valence-electron chi connectivity index (χ3n) is 6.61. The van der Waals surface area contributed by atoms with Crippen molar-refractivity contribution < 1.29 is 14.4 Å². The van der Waals surface area contributed by atoms with Gasteiger partial charge in [-0.1, -0.05) is 51.1 Å². The highest BCUT2D eigenvalue weighted by Crippen LogP contribution is 2.45. The summed E-state index contributed by atoms with van der Waals surface area (Å²) in [6.07, 6.45) is 3.02. The Balaban J connectivity index is 1.30. The number of likely N-dealkylation sites (tertiary alicyclic amines) is 2. The molecule has 162 valence electrons. The van der Waals surface area contributed by atoms with Crippen LogP contribution in [0.15, 0.2) is 30.3 Å². The van der Waals surface area contributed by atoms with E-state index in [4.69, 9.17) is 0 Å². The average molecular weight is 412 g/mol. The molecule has 1 aromatic rings. The molecule has 1 saturated carbocycles. The largest absolute Gasteiger partial charge is 0.351 e. The molecule has 0 bridgehead atoms. The number of nitrogens with one attached hydrogen (secondary N) is 1. The fraction of sp³-hybridized carbons (Fsp3) is 0.625. The van der Waals surface area contributed by atoms with Crippen LogP contribution in [0.25, 0.3) is 0 Å². The minimum atomic E-state index is -0.434. The Bertz CT molecular complexity index is 817. The van der Waals surface area contributed by atoms with Crippen LogP contribution in [0.5, 0.6) is 0 Å². The molecule has 3 fully saturated rings. The first kappa shape index (κ1) is 20.9. The van der Waals surface area contributed by atoms with E-state index in [2.05, 4.69) is 17.4 Å². The normalized spacial score (nSPS) is 29.1. The van der Waals surface area contributed by atoms with Crippen LogP contribution in [0.3, 0.4) is 0 Å². The van der Waals surface area contributed by atoms with Crippen molar-refractivity contribution in [1.29, 1.82) is 0 Å². The van der Waals surface area contributed by atoms with Gasteiger partial charge in [-0.3, -0.25) is 14.4 Å². The fourth-order valence-corrected chi connectivity index (χ4v) is 4.90. The van der Waals surface area contributed by atoms with Gasteiger partial charge in [-0.15, -0.1) is 0 Å². The lowest BCUT2D eigenvalue weighted by molar-refractivity contribution is -0.142. The Morgan fingerprint density at radius 3 is 2.53 bits per heavy atom. The number of carbonyl (C=O) groups excluding carboxylic acids is 3. The van der Waals surface area contributed by atoms with Crippen LogP contribution in [0.4, 0.5) is 0 Å². The molecule has 0 radical (unpaired) electrons. The number of hydrogen-bond acceptors (Lipinski definition) is 3. The van der Waals surface area contributed by atoms with Crippen molar-refractivity contribution in [3.8, 4) is 0 Å². The summed E-state index contributed by atoms with van der Waals surface area (Å²) in [5, 5.41) is 3.11. The second kappa shape index (κ2) is 8.05. The lowest BCUT2D eigenvalue weighted by atomic mass is 9.91. The van der Waals surface area contributed by atoms with Crippen LogP contribution in [0.2, 0.25) is 0 Å². The maximum Gasteiger partial charge on any atom is 0.227 e. The number of hydrogen-bond donors (Lipinski definition) is 1. The zero-order chi connectivity index (χ0) is 21.5. The summed E-state index contributed by atoms with van der Waals surface area (Å²) < 4.78 is 0. The number of benzene rings is 1. The second-order valence-corrected chi connectivity index (χ2v) is 10.1. The molecule has 4 unspecified atom stereocenters. The van der Waals surface area contributed by atoms with Crippen LogP contribution >= 0.6 is 0 Å². The van der Waals surface area contributed by atoms with Gasteiger partial charge in [0, 0.05) is 43.4 Å². The van der Waals surface area contributed by atoms with Crippen LogP contribution in [-0.4, -0.2) is 59.2 Å². The topological polar surface area (TPSA) is 69.7 Å². The molecule has 3 aliphatic rings. The van der Waals surface area contributed by atoms with Gasteiger partial charge >= 0.3 is 0 Å². The molecule has 4 rings (SSSR count). The molecule has 1 aliphatic carbocycles. The van der Waals surface area contributed by atoms with E-state index in [0.29, 0.717) is 25.4 Å². The van der Waals surface area contributed by atoms with E-state index in [9.17, 15) is 14.4 Å². The summed E-state index contributed by atoms with van der Waals surface area (Å²) in [6.45, 7) is 7.54. The highest BCUT2D eigenvalue weighted by Gasteiger charge is 2.48. The van der Waals surface area contributed by atoms with Gasteiger partial charge < -0.3 is 15.1 Å². The van der Waals surface area contributed by atoms with E-state index in [1.54, 1.807) is 0 Å². The van der Waals surface area contributed by atoms with Gasteiger partial charge in [-0.05, 0) is 24.8 Å². The van der Waals surface area contributed by atoms with Gasteiger partial charge in [0.15, 0.2) is 0 Å². The quantitative estimate of drug-likeness (QED) is 0.828. The Morgan fingerprint density at radius 1 is 1.10 bits per heavy atom. The van der Waals surface area contributed by atoms with Crippen molar-refractivity contribution in [2.45, 2.75) is 64.5 Å². The van der Waals surface area contributed by atoms with E-state index in [1.807, 2.05) is 48.8 Å². The molecule has 0 spiro atoms. The van der Waals surface area contributed by atoms with Crippen molar-refractivity contribution in [1.82, 2.24) is 15.1 Å². The van der Waals surface area contributed by atoms with Crippen molar-refractivity contribution in [2.24, 2.45) is 11.3 Å². The van der Waals surface area contributed by atoms with Gasteiger partial charge in [0.05, 0.1) is 12.0 Å². The van der Waals surface area contributed by atoms with Crippen molar-refractivity contribution >= 4 is 17.7 Å². The van der Waals surface area contributed by atoms with Crippen LogP contribution < -0.4 is 5.32 Å². The van der Waals surface area contributed by atoms with Crippen LogP contribution in [0, 0.1) is 11.3 Å². The number of nitrogens with zero attached hydrogens (tertiary/aromatic N) is 2. The van der Waals surface area contributed by atoms with Crippen molar-refractivity contribution in [3.05, 3.63) is 35.9 Å². The van der Waals surface area contributed by atoms with E-state index in [1.165, 1.54) is 5.56 Å². The van der Waals surface area contributed by atoms with E-state index < -0.39 is 5.41 Å². The molecular weight excluding hydrogens is 378 g/mol. The van der Waals surface area contributed by atoms with Crippen LogP contribution in [0.1, 0.15) is 57.9 Å². The molecule has 1 aromatic carbocycles. The minimum absolute atomic E-state index is 0.0172. The number of carbonyl (C=O) groups is 3. The Morgan fingerprint density at radius 2 is 1.83 bits per heavy atom. The van der Waals surface area contributed by atoms with E-state index >= 15 is 0 Å². The average Bonchev–Trinajstić information content (AvgIpc) is 3.44. The first-order valence-corrected chi connectivity index (χ1v) is 11.2. The summed E-state index contributed by atoms with van der Waals surface area (Å²) >= 11 is 0. The first-order valence-electron chi connectivity index (χ1n) is 11.2. The van der Waals surface area contributed by atoms with Crippen molar-refractivity contribution in [3.63, 3.8) is 0 Å². The smallest absolute Gasteiger partial charge is 0.227 e. The van der Waals surface area contributed by atoms with Crippen LogP contribution in [-0.2, 0) is 14.4 Å². The first-order chi connectivity index (χ1) is 14.2. The molecular formula is C24H33N3O3. The Kier molecular flexibility index (Phi) is 5.60. The van der Waals surface area contributed by atoms with Gasteiger partial charge in [0.2, 0.25) is 17.7 Å². The maximum atomic E-state index is 12.9. The molecule has 2 saturated heterocycles. The van der Waals surface area contributed by atoms with Gasteiger partial charge in [0.1, 0.15) is 0 Å². The van der Waals surface area contributed by atoms with Gasteiger partial charge in [-0.2, -0.15) is 0 Å². The second-order valence-electron chi connectivity index (χ2n) is 10.1. The van der Waals surface area contributed by atoms with Gasteiger partial charge in [0.25, 0.3) is 0 Å². The summed E-state index contributed by atoms with van der Waals surface area (Å²) in [7, 11) is 0. The number of piperidine rings is 1.